The highest BCUT2D eigenvalue weighted by Crippen LogP contribution is 2.18. The number of rotatable bonds is 7. The van der Waals surface area contributed by atoms with Gasteiger partial charge in [-0.05, 0) is 43.8 Å². The first-order valence-electron chi connectivity index (χ1n) is 7.68. The van der Waals surface area contributed by atoms with Crippen molar-refractivity contribution in [2.45, 2.75) is 26.2 Å². The number of carbonyl (C=O) groups excluding carboxylic acids is 1. The first-order valence-corrected chi connectivity index (χ1v) is 7.68. The third-order valence-corrected chi connectivity index (χ3v) is 4.34. The van der Waals surface area contributed by atoms with Gasteiger partial charge in [-0.15, -0.1) is 0 Å². The van der Waals surface area contributed by atoms with Gasteiger partial charge < -0.3 is 10.2 Å². The second-order valence-electron chi connectivity index (χ2n) is 5.91. The molecular weight excluding hydrogens is 248 g/mol. The Bertz CT molecular complexity index is 414. The van der Waals surface area contributed by atoms with Crippen LogP contribution in [0, 0.1) is 11.8 Å². The number of amides is 1. The summed E-state index contributed by atoms with van der Waals surface area (Å²) >= 11 is 0. The van der Waals surface area contributed by atoms with E-state index in [1.807, 2.05) is 18.0 Å². The number of nitrogens with zero attached hydrogens (tertiary/aromatic N) is 1. The predicted molar refractivity (Wildman–Crippen MR) is 82.5 cm³/mol. The Balaban J connectivity index is 1.64. The maximum absolute atomic E-state index is 12.2. The van der Waals surface area contributed by atoms with Crippen LogP contribution in [0.4, 0.5) is 0 Å². The molecule has 1 N–H and O–H groups in total. The van der Waals surface area contributed by atoms with Crippen molar-refractivity contribution in [1.29, 1.82) is 0 Å². The van der Waals surface area contributed by atoms with Gasteiger partial charge in [0.05, 0.1) is 0 Å². The van der Waals surface area contributed by atoms with Gasteiger partial charge in [0.15, 0.2) is 0 Å². The highest BCUT2D eigenvalue weighted by atomic mass is 16.2. The molecule has 110 valence electrons. The van der Waals surface area contributed by atoms with Crippen LogP contribution in [-0.4, -0.2) is 37.5 Å². The molecule has 1 aromatic carbocycles. The number of nitrogens with one attached hydrogen (secondary N) is 1. The molecule has 1 aliphatic rings. The Labute approximate surface area is 122 Å². The lowest BCUT2D eigenvalue weighted by Gasteiger charge is -2.34. The zero-order chi connectivity index (χ0) is 14.4. The van der Waals surface area contributed by atoms with Gasteiger partial charge in [0, 0.05) is 19.5 Å². The number of benzene rings is 1. The first-order chi connectivity index (χ1) is 9.68. The summed E-state index contributed by atoms with van der Waals surface area (Å²) < 4.78 is 0. The third kappa shape index (κ3) is 4.07. The molecule has 0 saturated carbocycles. The molecule has 3 nitrogen and oxygen atoms in total. The van der Waals surface area contributed by atoms with Gasteiger partial charge >= 0.3 is 0 Å². The number of hydrogen-bond acceptors (Lipinski definition) is 2. The van der Waals surface area contributed by atoms with Crippen molar-refractivity contribution in [3.8, 4) is 0 Å². The average molecular weight is 274 g/mol. The van der Waals surface area contributed by atoms with E-state index in [2.05, 4.69) is 36.5 Å². The van der Waals surface area contributed by atoms with Crippen molar-refractivity contribution < 1.29 is 4.79 Å². The number of hydrogen-bond donors (Lipinski definition) is 1. The normalized spacial score (nSPS) is 16.5. The molecule has 1 saturated heterocycles. The molecule has 1 unspecified atom stereocenters. The molecule has 20 heavy (non-hydrogen) atoms. The maximum Gasteiger partial charge on any atom is 0.225 e. The zero-order valence-corrected chi connectivity index (χ0v) is 12.6. The van der Waals surface area contributed by atoms with Crippen LogP contribution in [0.2, 0.25) is 0 Å². The first kappa shape index (κ1) is 15.0. The van der Waals surface area contributed by atoms with Gasteiger partial charge in [0.2, 0.25) is 5.91 Å². The van der Waals surface area contributed by atoms with Gasteiger partial charge in [0.25, 0.3) is 0 Å². The Hall–Kier alpha value is -1.35. The largest absolute Gasteiger partial charge is 0.346 e. The molecule has 3 heteroatoms. The lowest BCUT2D eigenvalue weighted by Crippen LogP contribution is -2.50. The highest BCUT2D eigenvalue weighted by Gasteiger charge is 2.30. The van der Waals surface area contributed by atoms with Gasteiger partial charge in [-0.2, -0.15) is 0 Å². The fourth-order valence-corrected chi connectivity index (χ4v) is 2.65. The van der Waals surface area contributed by atoms with E-state index in [1.165, 1.54) is 5.56 Å². The zero-order valence-electron chi connectivity index (χ0n) is 12.6. The number of unbranched alkanes of at least 4 members (excludes halogenated alkanes) is 1. The molecule has 0 bridgehead atoms. The minimum absolute atomic E-state index is 0.162. The summed E-state index contributed by atoms with van der Waals surface area (Å²) in [6.45, 7) is 4.92. The van der Waals surface area contributed by atoms with Crippen LogP contribution >= 0.6 is 0 Å². The summed E-state index contributed by atoms with van der Waals surface area (Å²) in [5.74, 6) is 1.00. The smallest absolute Gasteiger partial charge is 0.225 e. The van der Waals surface area contributed by atoms with E-state index < -0.39 is 0 Å². The lowest BCUT2D eigenvalue weighted by atomic mass is 9.88. The van der Waals surface area contributed by atoms with Crippen molar-refractivity contribution in [2.24, 2.45) is 11.8 Å². The lowest BCUT2D eigenvalue weighted by molar-refractivity contribution is -0.136. The summed E-state index contributed by atoms with van der Waals surface area (Å²) in [5, 5.41) is 3.24. The number of carbonyl (C=O) groups is 1. The third-order valence-electron chi connectivity index (χ3n) is 4.34. The van der Waals surface area contributed by atoms with Crippen LogP contribution < -0.4 is 5.32 Å². The molecule has 1 heterocycles. The van der Waals surface area contributed by atoms with E-state index in [1.54, 1.807) is 0 Å². The molecule has 2 rings (SSSR count). The Morgan fingerprint density at radius 1 is 1.30 bits per heavy atom. The summed E-state index contributed by atoms with van der Waals surface area (Å²) in [4.78, 5) is 14.2. The van der Waals surface area contributed by atoms with Crippen molar-refractivity contribution in [3.05, 3.63) is 35.9 Å². The van der Waals surface area contributed by atoms with Crippen LogP contribution in [-0.2, 0) is 11.2 Å². The minimum atomic E-state index is 0.162. The van der Waals surface area contributed by atoms with Crippen LogP contribution in [0.5, 0.6) is 0 Å². The van der Waals surface area contributed by atoms with Crippen LogP contribution in [0.1, 0.15) is 25.3 Å². The molecule has 1 aliphatic heterocycles. The molecule has 0 aromatic heterocycles. The van der Waals surface area contributed by atoms with E-state index in [9.17, 15) is 4.79 Å². The molecule has 1 fully saturated rings. The van der Waals surface area contributed by atoms with E-state index in [-0.39, 0.29) is 5.92 Å². The van der Waals surface area contributed by atoms with Gasteiger partial charge in [-0.3, -0.25) is 4.79 Å². The van der Waals surface area contributed by atoms with Crippen molar-refractivity contribution in [1.82, 2.24) is 10.2 Å². The predicted octanol–water partition coefficient (Wildman–Crippen LogP) is 2.32. The van der Waals surface area contributed by atoms with E-state index in [4.69, 9.17) is 0 Å². The number of aryl methyl sites for hydroxylation is 1. The van der Waals surface area contributed by atoms with Crippen LogP contribution in [0.15, 0.2) is 30.3 Å². The second-order valence-corrected chi connectivity index (χ2v) is 5.91. The fraction of sp³-hybridized carbons (Fsp3) is 0.588. The quantitative estimate of drug-likeness (QED) is 0.774. The van der Waals surface area contributed by atoms with E-state index in [0.29, 0.717) is 11.8 Å². The minimum Gasteiger partial charge on any atom is -0.346 e. The van der Waals surface area contributed by atoms with Crippen molar-refractivity contribution in [3.63, 3.8) is 0 Å². The van der Waals surface area contributed by atoms with E-state index in [0.717, 1.165) is 38.9 Å². The second kappa shape index (κ2) is 7.44. The molecule has 0 radical (unpaired) electrons. The summed E-state index contributed by atoms with van der Waals surface area (Å²) in [7, 11) is 1.94. The SMILES string of the molecule is CC(C(=O)N(C)CCCCc1ccccc1)C1CNC1. The van der Waals surface area contributed by atoms with Crippen molar-refractivity contribution in [2.75, 3.05) is 26.7 Å². The molecule has 1 atom stereocenters. The Morgan fingerprint density at radius 2 is 2.00 bits per heavy atom. The summed E-state index contributed by atoms with van der Waals surface area (Å²) in [6, 6.07) is 10.5. The van der Waals surface area contributed by atoms with Gasteiger partial charge in [0.1, 0.15) is 0 Å². The standard InChI is InChI=1S/C17H26N2O/c1-14(16-12-18-13-16)17(20)19(2)11-7-6-10-15-8-4-3-5-9-15/h3-5,8-9,14,16,18H,6-7,10-13H2,1-2H3. The Morgan fingerprint density at radius 3 is 2.60 bits per heavy atom. The average Bonchev–Trinajstić information content (AvgIpc) is 2.41. The topological polar surface area (TPSA) is 32.3 Å². The monoisotopic (exact) mass is 274 g/mol. The Kier molecular flexibility index (Phi) is 5.60. The van der Waals surface area contributed by atoms with Crippen LogP contribution in [0.3, 0.4) is 0 Å². The molecule has 1 amide bonds. The molecule has 0 aliphatic carbocycles. The van der Waals surface area contributed by atoms with Gasteiger partial charge in [-0.1, -0.05) is 37.3 Å². The van der Waals surface area contributed by atoms with Gasteiger partial charge in [-0.25, -0.2) is 0 Å². The maximum atomic E-state index is 12.2. The van der Waals surface area contributed by atoms with E-state index >= 15 is 0 Å². The molecule has 0 spiro atoms. The fourth-order valence-electron chi connectivity index (χ4n) is 2.65. The molecular formula is C17H26N2O. The molecule has 1 aromatic rings. The summed E-state index contributed by atoms with van der Waals surface area (Å²) in [5.41, 5.74) is 1.38. The van der Waals surface area contributed by atoms with Crippen LogP contribution in [0.25, 0.3) is 0 Å². The highest BCUT2D eigenvalue weighted by molar-refractivity contribution is 5.78. The summed E-state index contributed by atoms with van der Waals surface area (Å²) in [6.07, 6.45) is 3.32. The van der Waals surface area contributed by atoms with Crippen molar-refractivity contribution >= 4 is 5.91 Å².